The van der Waals surface area contributed by atoms with Gasteiger partial charge >= 0.3 is 0 Å². The molecule has 0 spiro atoms. The lowest BCUT2D eigenvalue weighted by atomic mass is 10.1. The van der Waals surface area contributed by atoms with E-state index in [9.17, 15) is 0 Å². The van der Waals surface area contributed by atoms with Crippen LogP contribution in [-0.2, 0) is 9.47 Å². The quantitative estimate of drug-likeness (QED) is 0.793. The molecule has 1 saturated heterocycles. The summed E-state index contributed by atoms with van der Waals surface area (Å²) in [4.78, 5) is 0. The van der Waals surface area contributed by atoms with Crippen molar-refractivity contribution in [2.45, 2.75) is 6.42 Å². The van der Waals surface area contributed by atoms with Crippen molar-refractivity contribution in [3.05, 3.63) is 29.3 Å². The van der Waals surface area contributed by atoms with E-state index >= 15 is 0 Å². The van der Waals surface area contributed by atoms with E-state index in [-0.39, 0.29) is 0 Å². The van der Waals surface area contributed by atoms with Gasteiger partial charge in [0.1, 0.15) is 0 Å². The molecule has 2 rings (SSSR count). The average Bonchev–Trinajstić information content (AvgIpc) is 2.84. The highest BCUT2D eigenvalue weighted by Crippen LogP contribution is 2.13. The number of hydrogen-bond acceptors (Lipinski definition) is 3. The Labute approximate surface area is 107 Å². The Balaban J connectivity index is 1.55. The first kappa shape index (κ1) is 12.7. The van der Waals surface area contributed by atoms with Gasteiger partial charge < -0.3 is 14.8 Å². The molecule has 0 aromatic heterocycles. The second kappa shape index (κ2) is 6.84. The van der Waals surface area contributed by atoms with Crippen LogP contribution >= 0.6 is 11.6 Å². The normalized spacial score (nSPS) is 19.5. The maximum atomic E-state index is 5.80. The predicted octanol–water partition coefficient (Wildman–Crippen LogP) is 2.81. The minimum Gasteiger partial charge on any atom is -0.383 e. The Morgan fingerprint density at radius 1 is 1.35 bits per heavy atom. The molecule has 17 heavy (non-hydrogen) atoms. The van der Waals surface area contributed by atoms with Gasteiger partial charge in [0.15, 0.2) is 0 Å². The highest BCUT2D eigenvalue weighted by Gasteiger charge is 2.14. The van der Waals surface area contributed by atoms with E-state index < -0.39 is 0 Å². The highest BCUT2D eigenvalue weighted by atomic mass is 35.5. The van der Waals surface area contributed by atoms with Gasteiger partial charge in [0.05, 0.1) is 19.8 Å². The molecule has 1 aromatic carbocycles. The zero-order valence-corrected chi connectivity index (χ0v) is 10.6. The summed E-state index contributed by atoms with van der Waals surface area (Å²) in [7, 11) is 0. The Bertz CT molecular complexity index is 323. The number of rotatable bonds is 6. The predicted molar refractivity (Wildman–Crippen MR) is 69.7 cm³/mol. The van der Waals surface area contributed by atoms with Crippen molar-refractivity contribution in [3.8, 4) is 0 Å². The molecule has 1 atom stereocenters. The van der Waals surface area contributed by atoms with E-state index in [2.05, 4.69) is 5.32 Å². The van der Waals surface area contributed by atoms with Gasteiger partial charge in [-0.1, -0.05) is 11.6 Å². The summed E-state index contributed by atoms with van der Waals surface area (Å²) in [5.74, 6) is 0.588. The van der Waals surface area contributed by atoms with Gasteiger partial charge in [0.25, 0.3) is 0 Å². The van der Waals surface area contributed by atoms with Crippen LogP contribution in [0.5, 0.6) is 0 Å². The zero-order valence-electron chi connectivity index (χ0n) is 9.82. The van der Waals surface area contributed by atoms with E-state index in [4.69, 9.17) is 21.1 Å². The first-order valence-electron chi connectivity index (χ1n) is 5.99. The molecule has 1 N–H and O–H groups in total. The minimum atomic E-state index is 0.588. The zero-order chi connectivity index (χ0) is 11.9. The van der Waals surface area contributed by atoms with Crippen molar-refractivity contribution in [2.75, 3.05) is 38.3 Å². The third-order valence-corrected chi connectivity index (χ3v) is 3.05. The van der Waals surface area contributed by atoms with Crippen LogP contribution in [0.2, 0.25) is 5.02 Å². The van der Waals surface area contributed by atoms with Crippen LogP contribution in [0.25, 0.3) is 0 Å². The van der Waals surface area contributed by atoms with Gasteiger partial charge in [-0.25, -0.2) is 0 Å². The number of hydrogen-bond donors (Lipinski definition) is 1. The fourth-order valence-electron chi connectivity index (χ4n) is 1.80. The van der Waals surface area contributed by atoms with Crippen LogP contribution in [0.3, 0.4) is 0 Å². The van der Waals surface area contributed by atoms with Gasteiger partial charge in [-0.2, -0.15) is 0 Å². The van der Waals surface area contributed by atoms with Crippen LogP contribution in [0, 0.1) is 5.92 Å². The largest absolute Gasteiger partial charge is 0.383 e. The average molecular weight is 256 g/mol. The standard InChI is InChI=1S/C13H18ClNO2/c14-12-1-3-13(4-2-12)15-6-8-17-10-11-5-7-16-9-11/h1-4,11,15H,5-10H2. The van der Waals surface area contributed by atoms with Gasteiger partial charge in [0.2, 0.25) is 0 Å². The number of halogens is 1. The molecule has 94 valence electrons. The molecule has 0 saturated carbocycles. The van der Waals surface area contributed by atoms with Crippen LogP contribution < -0.4 is 5.32 Å². The Kier molecular flexibility index (Phi) is 5.10. The van der Waals surface area contributed by atoms with Crippen molar-refractivity contribution in [1.82, 2.24) is 0 Å². The van der Waals surface area contributed by atoms with Gasteiger partial charge in [-0.05, 0) is 30.7 Å². The third kappa shape index (κ3) is 4.54. The number of anilines is 1. The Morgan fingerprint density at radius 2 is 2.18 bits per heavy atom. The van der Waals surface area contributed by atoms with Crippen LogP contribution in [0.1, 0.15) is 6.42 Å². The lowest BCUT2D eigenvalue weighted by Crippen LogP contribution is -2.14. The molecule has 0 amide bonds. The lowest BCUT2D eigenvalue weighted by molar-refractivity contribution is 0.0965. The van der Waals surface area contributed by atoms with Crippen molar-refractivity contribution in [2.24, 2.45) is 5.92 Å². The van der Waals surface area contributed by atoms with E-state index in [0.29, 0.717) is 5.92 Å². The summed E-state index contributed by atoms with van der Waals surface area (Å²) in [6, 6.07) is 7.68. The molecule has 0 aliphatic carbocycles. The molecule has 1 heterocycles. The Hall–Kier alpha value is -0.770. The van der Waals surface area contributed by atoms with Crippen molar-refractivity contribution in [3.63, 3.8) is 0 Å². The lowest BCUT2D eigenvalue weighted by Gasteiger charge is -2.10. The maximum Gasteiger partial charge on any atom is 0.0639 e. The van der Waals surface area contributed by atoms with Gasteiger partial charge in [-0.15, -0.1) is 0 Å². The van der Waals surface area contributed by atoms with E-state index in [1.807, 2.05) is 24.3 Å². The summed E-state index contributed by atoms with van der Waals surface area (Å²) in [6.45, 7) is 4.08. The third-order valence-electron chi connectivity index (χ3n) is 2.80. The number of ether oxygens (including phenoxy) is 2. The smallest absolute Gasteiger partial charge is 0.0639 e. The molecule has 0 bridgehead atoms. The summed E-state index contributed by atoms with van der Waals surface area (Å²) in [5.41, 5.74) is 1.07. The van der Waals surface area contributed by atoms with E-state index in [1.165, 1.54) is 0 Å². The van der Waals surface area contributed by atoms with Crippen LogP contribution in [-0.4, -0.2) is 33.0 Å². The number of nitrogens with one attached hydrogen (secondary N) is 1. The molecule has 1 aromatic rings. The summed E-state index contributed by atoms with van der Waals surface area (Å²) in [5, 5.41) is 4.04. The van der Waals surface area contributed by atoms with Crippen LogP contribution in [0.15, 0.2) is 24.3 Å². The summed E-state index contributed by atoms with van der Waals surface area (Å²) < 4.78 is 10.9. The number of benzene rings is 1. The fraction of sp³-hybridized carbons (Fsp3) is 0.538. The molecular formula is C13H18ClNO2. The molecule has 4 heteroatoms. The monoisotopic (exact) mass is 255 g/mol. The SMILES string of the molecule is Clc1ccc(NCCOCC2CCOC2)cc1. The van der Waals surface area contributed by atoms with Crippen molar-refractivity contribution in [1.29, 1.82) is 0 Å². The molecular weight excluding hydrogens is 238 g/mol. The maximum absolute atomic E-state index is 5.80. The van der Waals surface area contributed by atoms with E-state index in [1.54, 1.807) is 0 Å². The van der Waals surface area contributed by atoms with E-state index in [0.717, 1.165) is 50.1 Å². The van der Waals surface area contributed by atoms with Crippen LogP contribution in [0.4, 0.5) is 5.69 Å². The van der Waals surface area contributed by atoms with Gasteiger partial charge in [-0.3, -0.25) is 0 Å². The molecule has 0 radical (unpaired) electrons. The topological polar surface area (TPSA) is 30.5 Å². The second-order valence-electron chi connectivity index (χ2n) is 4.24. The van der Waals surface area contributed by atoms with Gasteiger partial charge in [0, 0.05) is 29.8 Å². The molecule has 1 aliphatic rings. The second-order valence-corrected chi connectivity index (χ2v) is 4.67. The highest BCUT2D eigenvalue weighted by molar-refractivity contribution is 6.30. The molecule has 1 unspecified atom stereocenters. The summed E-state index contributed by atoms with van der Waals surface area (Å²) >= 11 is 5.80. The molecule has 3 nitrogen and oxygen atoms in total. The summed E-state index contributed by atoms with van der Waals surface area (Å²) in [6.07, 6.45) is 1.13. The minimum absolute atomic E-state index is 0.588. The first-order valence-corrected chi connectivity index (χ1v) is 6.37. The first-order chi connectivity index (χ1) is 8.34. The van der Waals surface area contributed by atoms with Crippen molar-refractivity contribution < 1.29 is 9.47 Å². The fourth-order valence-corrected chi connectivity index (χ4v) is 1.93. The molecule has 1 fully saturated rings. The molecule has 1 aliphatic heterocycles. The van der Waals surface area contributed by atoms with Crippen molar-refractivity contribution >= 4 is 17.3 Å². The Morgan fingerprint density at radius 3 is 2.88 bits per heavy atom.